The lowest BCUT2D eigenvalue weighted by molar-refractivity contribution is 0.0946. The summed E-state index contributed by atoms with van der Waals surface area (Å²) in [6, 6.07) is 14.5. The van der Waals surface area contributed by atoms with E-state index >= 15 is 0 Å². The second kappa shape index (κ2) is 7.43. The summed E-state index contributed by atoms with van der Waals surface area (Å²) in [5.41, 5.74) is 2.71. The average Bonchev–Trinajstić information content (AvgIpc) is 3.38. The van der Waals surface area contributed by atoms with Gasteiger partial charge in [0.1, 0.15) is 5.69 Å². The lowest BCUT2D eigenvalue weighted by Gasteiger charge is -2.09. The molecule has 0 unspecified atom stereocenters. The molecule has 134 valence electrons. The topological polar surface area (TPSA) is 88.5 Å². The molecular formula is C19H15ClN6O. The van der Waals surface area contributed by atoms with Gasteiger partial charge in [0.25, 0.3) is 5.91 Å². The number of carbonyl (C=O) groups is 1. The Balaban J connectivity index is 1.48. The van der Waals surface area contributed by atoms with E-state index in [9.17, 15) is 4.79 Å². The first-order valence-electron chi connectivity index (χ1n) is 8.24. The Bertz CT molecular complexity index is 1070. The smallest absolute Gasteiger partial charge is 0.269 e. The van der Waals surface area contributed by atoms with Crippen molar-refractivity contribution in [2.45, 2.75) is 6.54 Å². The molecule has 0 aliphatic rings. The predicted molar refractivity (Wildman–Crippen MR) is 102 cm³/mol. The van der Waals surface area contributed by atoms with Gasteiger partial charge in [0.2, 0.25) is 0 Å². The molecule has 2 N–H and O–H groups in total. The molecule has 1 amide bonds. The van der Waals surface area contributed by atoms with E-state index in [4.69, 9.17) is 11.6 Å². The number of aromatic amines is 1. The molecule has 4 rings (SSSR count). The maximum Gasteiger partial charge on any atom is 0.269 e. The van der Waals surface area contributed by atoms with Gasteiger partial charge < -0.3 is 5.32 Å². The van der Waals surface area contributed by atoms with Gasteiger partial charge in [-0.15, -0.1) is 0 Å². The second-order valence-electron chi connectivity index (χ2n) is 5.80. The first kappa shape index (κ1) is 17.0. The molecule has 0 fully saturated rings. The predicted octanol–water partition coefficient (Wildman–Crippen LogP) is 3.24. The zero-order valence-electron chi connectivity index (χ0n) is 14.1. The molecule has 3 aromatic heterocycles. The minimum Gasteiger partial charge on any atom is -0.346 e. The number of rotatable bonds is 5. The fraction of sp³-hybridized carbons (Fsp3) is 0.0526. The zero-order valence-corrected chi connectivity index (χ0v) is 14.9. The van der Waals surface area contributed by atoms with E-state index in [1.165, 1.54) is 0 Å². The molecule has 0 spiro atoms. The van der Waals surface area contributed by atoms with Crippen molar-refractivity contribution in [3.05, 3.63) is 83.4 Å². The summed E-state index contributed by atoms with van der Waals surface area (Å²) in [5, 5.41) is 14.6. The first-order valence-corrected chi connectivity index (χ1v) is 8.62. The number of nitrogens with zero attached hydrogens (tertiary/aromatic N) is 4. The Kier molecular flexibility index (Phi) is 4.67. The highest BCUT2D eigenvalue weighted by molar-refractivity contribution is 6.30. The van der Waals surface area contributed by atoms with Gasteiger partial charge in [0.05, 0.1) is 5.69 Å². The highest BCUT2D eigenvalue weighted by atomic mass is 35.5. The number of pyridine rings is 1. The Morgan fingerprint density at radius 1 is 1.15 bits per heavy atom. The van der Waals surface area contributed by atoms with Crippen molar-refractivity contribution < 1.29 is 4.79 Å². The van der Waals surface area contributed by atoms with Crippen molar-refractivity contribution >= 4 is 17.5 Å². The lowest BCUT2D eigenvalue weighted by atomic mass is 10.1. The molecule has 3 heterocycles. The van der Waals surface area contributed by atoms with Crippen molar-refractivity contribution in [3.8, 4) is 17.1 Å². The third kappa shape index (κ3) is 3.73. The van der Waals surface area contributed by atoms with Gasteiger partial charge >= 0.3 is 0 Å². The van der Waals surface area contributed by atoms with Crippen molar-refractivity contribution in [2.24, 2.45) is 0 Å². The van der Waals surface area contributed by atoms with Gasteiger partial charge in [-0.1, -0.05) is 29.8 Å². The average molecular weight is 379 g/mol. The van der Waals surface area contributed by atoms with Crippen LogP contribution in [0.4, 0.5) is 0 Å². The van der Waals surface area contributed by atoms with Gasteiger partial charge in [-0.25, -0.2) is 9.67 Å². The maximum absolute atomic E-state index is 12.5. The highest BCUT2D eigenvalue weighted by Crippen LogP contribution is 2.21. The Hall–Kier alpha value is -3.45. The number of benzene rings is 1. The van der Waals surface area contributed by atoms with Crippen LogP contribution in [0.5, 0.6) is 0 Å². The largest absolute Gasteiger partial charge is 0.346 e. The van der Waals surface area contributed by atoms with Crippen LogP contribution in [0.3, 0.4) is 0 Å². The lowest BCUT2D eigenvalue weighted by Crippen LogP contribution is -2.24. The molecule has 0 radical (unpaired) electrons. The highest BCUT2D eigenvalue weighted by Gasteiger charge is 2.13. The Morgan fingerprint density at radius 2 is 2.07 bits per heavy atom. The summed E-state index contributed by atoms with van der Waals surface area (Å²) in [6.45, 7) is 0.313. The van der Waals surface area contributed by atoms with Gasteiger partial charge in [-0.2, -0.15) is 10.2 Å². The van der Waals surface area contributed by atoms with Crippen molar-refractivity contribution in [3.63, 3.8) is 0 Å². The summed E-state index contributed by atoms with van der Waals surface area (Å²) < 4.78 is 1.66. The number of halogens is 1. The Labute approximate surface area is 160 Å². The van der Waals surface area contributed by atoms with Crippen LogP contribution in [-0.2, 0) is 6.54 Å². The zero-order chi connectivity index (χ0) is 18.6. The molecule has 0 bridgehead atoms. The van der Waals surface area contributed by atoms with E-state index in [2.05, 4.69) is 25.6 Å². The summed E-state index contributed by atoms with van der Waals surface area (Å²) >= 11 is 6.01. The molecular weight excluding hydrogens is 364 g/mol. The molecule has 0 saturated carbocycles. The first-order chi connectivity index (χ1) is 13.2. The number of carbonyl (C=O) groups excluding carboxylic acids is 1. The van der Waals surface area contributed by atoms with E-state index in [-0.39, 0.29) is 5.91 Å². The van der Waals surface area contributed by atoms with Crippen LogP contribution in [0.15, 0.2) is 67.1 Å². The second-order valence-corrected chi connectivity index (χ2v) is 6.23. The van der Waals surface area contributed by atoms with Crippen LogP contribution >= 0.6 is 11.6 Å². The number of aromatic nitrogens is 5. The molecule has 0 saturated heterocycles. The number of amides is 1. The SMILES string of the molecule is O=C(NCc1cccnc1-n1cccn1)c1cc(-c2cccc(Cl)c2)n[nH]1. The third-order valence-corrected chi connectivity index (χ3v) is 4.21. The molecule has 7 nitrogen and oxygen atoms in total. The quantitative estimate of drug-likeness (QED) is 0.558. The number of hydrogen-bond donors (Lipinski definition) is 2. The van der Waals surface area contributed by atoms with Crippen LogP contribution < -0.4 is 5.32 Å². The monoisotopic (exact) mass is 378 g/mol. The van der Waals surface area contributed by atoms with E-state index in [1.807, 2.05) is 30.3 Å². The number of hydrogen-bond acceptors (Lipinski definition) is 4. The third-order valence-electron chi connectivity index (χ3n) is 3.97. The summed E-state index contributed by atoms with van der Waals surface area (Å²) in [7, 11) is 0. The fourth-order valence-corrected chi connectivity index (χ4v) is 2.86. The molecule has 1 aromatic carbocycles. The molecule has 0 aliphatic heterocycles. The van der Waals surface area contributed by atoms with E-state index in [0.717, 1.165) is 11.1 Å². The minimum absolute atomic E-state index is 0.258. The van der Waals surface area contributed by atoms with E-state index < -0.39 is 0 Å². The molecule has 0 atom stereocenters. The van der Waals surface area contributed by atoms with E-state index in [0.29, 0.717) is 28.8 Å². The summed E-state index contributed by atoms with van der Waals surface area (Å²) in [4.78, 5) is 16.8. The fourth-order valence-electron chi connectivity index (χ4n) is 2.67. The van der Waals surface area contributed by atoms with Crippen LogP contribution in [0.2, 0.25) is 5.02 Å². The molecule has 8 heteroatoms. The standard InChI is InChI=1S/C19H15ClN6O/c20-15-6-1-4-13(10-15)16-11-17(25-24-16)19(27)22-12-14-5-2-7-21-18(14)26-9-3-8-23-26/h1-11H,12H2,(H,22,27)(H,24,25). The van der Waals surface area contributed by atoms with Crippen molar-refractivity contribution in [2.75, 3.05) is 0 Å². The normalized spacial score (nSPS) is 10.7. The van der Waals surface area contributed by atoms with Crippen molar-refractivity contribution in [1.29, 1.82) is 0 Å². The molecule has 0 aliphatic carbocycles. The van der Waals surface area contributed by atoms with Crippen molar-refractivity contribution in [1.82, 2.24) is 30.3 Å². The van der Waals surface area contributed by atoms with Gasteiger partial charge in [0, 0.05) is 41.3 Å². The van der Waals surface area contributed by atoms with Crippen LogP contribution in [0.25, 0.3) is 17.1 Å². The van der Waals surface area contributed by atoms with Gasteiger partial charge in [0.15, 0.2) is 5.82 Å². The van der Waals surface area contributed by atoms with Gasteiger partial charge in [-0.3, -0.25) is 9.89 Å². The molecule has 4 aromatic rings. The van der Waals surface area contributed by atoms with Gasteiger partial charge in [-0.05, 0) is 30.3 Å². The summed E-state index contributed by atoms with van der Waals surface area (Å²) in [6.07, 6.45) is 5.17. The number of nitrogens with one attached hydrogen (secondary N) is 2. The maximum atomic E-state index is 12.5. The molecule has 27 heavy (non-hydrogen) atoms. The van der Waals surface area contributed by atoms with Crippen LogP contribution in [0, 0.1) is 0 Å². The van der Waals surface area contributed by atoms with Crippen LogP contribution in [0.1, 0.15) is 16.1 Å². The minimum atomic E-state index is -0.258. The van der Waals surface area contributed by atoms with E-state index in [1.54, 1.807) is 41.5 Å². The summed E-state index contributed by atoms with van der Waals surface area (Å²) in [5.74, 6) is 0.415. The number of H-pyrrole nitrogens is 1. The Morgan fingerprint density at radius 3 is 2.89 bits per heavy atom. The van der Waals surface area contributed by atoms with Crippen LogP contribution in [-0.4, -0.2) is 30.9 Å².